The lowest BCUT2D eigenvalue weighted by molar-refractivity contribution is -0.127. The Hall–Kier alpha value is -3.23. The Morgan fingerprint density at radius 3 is 2.66 bits per heavy atom. The largest absolute Gasteiger partial charge is 0.449 e. The highest BCUT2D eigenvalue weighted by Crippen LogP contribution is 2.17. The van der Waals surface area contributed by atoms with Gasteiger partial charge in [0.2, 0.25) is 0 Å². The number of aromatic nitrogens is 2. The van der Waals surface area contributed by atoms with Gasteiger partial charge in [-0.1, -0.05) is 0 Å². The smallest absolute Gasteiger partial charge is 0.338 e. The minimum absolute atomic E-state index is 0.125. The summed E-state index contributed by atoms with van der Waals surface area (Å²) in [7, 11) is 0. The van der Waals surface area contributed by atoms with E-state index in [9.17, 15) is 19.2 Å². The number of hydrogen-bond acceptors (Lipinski definition) is 6. The zero-order valence-electron chi connectivity index (χ0n) is 16.9. The number of carbonyl (C=O) groups is 3. The van der Waals surface area contributed by atoms with Crippen molar-refractivity contribution in [3.63, 3.8) is 0 Å². The van der Waals surface area contributed by atoms with Crippen LogP contribution in [-0.4, -0.2) is 39.1 Å². The van der Waals surface area contributed by atoms with Crippen molar-refractivity contribution in [3.05, 3.63) is 39.9 Å². The number of ether oxygens (including phenoxy) is 1. The standard InChI is InChI=1S/C20H24N4O5/c1-11(16(25)22-19(28)23-20(2,3)4)29-18(27)12-7-8-13-14(10-12)21-15-6-5-9-24(15)17(13)26/h7-8,10-11H,5-6,9H2,1-4H3,(H2,22,23,25,28)/t11-/m1/s1. The average Bonchev–Trinajstić information content (AvgIpc) is 3.08. The van der Waals surface area contributed by atoms with Crippen LogP contribution in [0.25, 0.3) is 10.9 Å². The van der Waals surface area contributed by atoms with Crippen LogP contribution in [0.2, 0.25) is 0 Å². The molecule has 29 heavy (non-hydrogen) atoms. The third kappa shape index (κ3) is 4.61. The fraction of sp³-hybridized carbons (Fsp3) is 0.450. The summed E-state index contributed by atoms with van der Waals surface area (Å²) in [6.07, 6.45) is 0.402. The second-order valence-corrected chi connectivity index (χ2v) is 8.06. The third-order valence-electron chi connectivity index (χ3n) is 4.43. The Morgan fingerprint density at radius 2 is 1.97 bits per heavy atom. The molecule has 2 aromatic rings. The summed E-state index contributed by atoms with van der Waals surface area (Å²) in [6, 6.07) is 3.81. The van der Waals surface area contributed by atoms with Crippen LogP contribution in [-0.2, 0) is 22.5 Å². The van der Waals surface area contributed by atoms with E-state index in [0.717, 1.165) is 6.42 Å². The van der Waals surface area contributed by atoms with Crippen molar-refractivity contribution in [1.82, 2.24) is 20.2 Å². The molecular weight excluding hydrogens is 376 g/mol. The molecule has 1 aliphatic rings. The van der Waals surface area contributed by atoms with Gasteiger partial charge >= 0.3 is 12.0 Å². The molecule has 2 N–H and O–H groups in total. The molecule has 0 spiro atoms. The number of benzene rings is 1. The molecule has 9 heteroatoms. The highest BCUT2D eigenvalue weighted by atomic mass is 16.5. The van der Waals surface area contributed by atoms with Crippen molar-refractivity contribution in [2.24, 2.45) is 0 Å². The first-order valence-corrected chi connectivity index (χ1v) is 9.42. The zero-order valence-corrected chi connectivity index (χ0v) is 16.9. The van der Waals surface area contributed by atoms with Gasteiger partial charge in [-0.25, -0.2) is 14.6 Å². The molecule has 1 aliphatic heterocycles. The number of hydrogen-bond donors (Lipinski definition) is 2. The number of aryl methyl sites for hydroxylation is 1. The number of nitrogens with one attached hydrogen (secondary N) is 2. The molecule has 3 amide bonds. The Balaban J connectivity index is 1.71. The van der Waals surface area contributed by atoms with Crippen molar-refractivity contribution in [3.8, 4) is 0 Å². The predicted molar refractivity (Wildman–Crippen MR) is 106 cm³/mol. The topological polar surface area (TPSA) is 119 Å². The van der Waals surface area contributed by atoms with Crippen LogP contribution in [0.1, 0.15) is 50.3 Å². The van der Waals surface area contributed by atoms with Crippen LogP contribution >= 0.6 is 0 Å². The maximum atomic E-state index is 12.5. The van der Waals surface area contributed by atoms with Crippen LogP contribution in [0.5, 0.6) is 0 Å². The van der Waals surface area contributed by atoms with Gasteiger partial charge in [-0.2, -0.15) is 0 Å². The Morgan fingerprint density at radius 1 is 1.24 bits per heavy atom. The molecule has 9 nitrogen and oxygen atoms in total. The Labute approximate surface area is 167 Å². The van der Waals surface area contributed by atoms with Gasteiger partial charge in [0.15, 0.2) is 6.10 Å². The first-order valence-electron chi connectivity index (χ1n) is 9.42. The molecule has 2 heterocycles. The molecule has 0 saturated carbocycles. The number of esters is 1. The Bertz CT molecular complexity index is 1050. The van der Waals surface area contributed by atoms with Crippen LogP contribution < -0.4 is 16.2 Å². The third-order valence-corrected chi connectivity index (χ3v) is 4.43. The summed E-state index contributed by atoms with van der Waals surface area (Å²) in [5.74, 6) is -0.783. The summed E-state index contributed by atoms with van der Waals surface area (Å²) < 4.78 is 6.81. The lowest BCUT2D eigenvalue weighted by atomic mass is 10.1. The fourth-order valence-corrected chi connectivity index (χ4v) is 3.08. The Kier molecular flexibility index (Phi) is 5.41. The summed E-state index contributed by atoms with van der Waals surface area (Å²) in [6.45, 7) is 7.34. The summed E-state index contributed by atoms with van der Waals surface area (Å²) in [5, 5.41) is 5.15. The van der Waals surface area contributed by atoms with Gasteiger partial charge in [-0.3, -0.25) is 19.5 Å². The zero-order chi connectivity index (χ0) is 21.3. The van der Waals surface area contributed by atoms with E-state index in [1.54, 1.807) is 25.3 Å². The van der Waals surface area contributed by atoms with Crippen LogP contribution in [0, 0.1) is 0 Å². The van der Waals surface area contributed by atoms with Gasteiger partial charge in [0, 0.05) is 18.5 Å². The van der Waals surface area contributed by atoms with Crippen LogP contribution in [0.3, 0.4) is 0 Å². The number of imide groups is 1. The predicted octanol–water partition coefficient (Wildman–Crippen LogP) is 1.51. The fourth-order valence-electron chi connectivity index (χ4n) is 3.08. The number of rotatable bonds is 3. The van der Waals surface area contributed by atoms with Crippen LogP contribution in [0.4, 0.5) is 4.79 Å². The molecule has 154 valence electrons. The van der Waals surface area contributed by atoms with Crippen molar-refractivity contribution in [2.45, 2.75) is 58.7 Å². The number of carbonyl (C=O) groups excluding carboxylic acids is 3. The van der Waals surface area contributed by atoms with E-state index in [0.29, 0.717) is 29.7 Å². The van der Waals surface area contributed by atoms with E-state index in [1.807, 2.05) is 0 Å². The number of nitrogens with zero attached hydrogens (tertiary/aromatic N) is 2. The summed E-state index contributed by atoms with van der Waals surface area (Å²) >= 11 is 0. The first kappa shape index (κ1) is 20.5. The monoisotopic (exact) mass is 400 g/mol. The maximum Gasteiger partial charge on any atom is 0.338 e. The molecule has 1 aromatic carbocycles. The molecule has 0 saturated heterocycles. The summed E-state index contributed by atoms with van der Waals surface area (Å²) in [5.41, 5.74) is -0.0493. The molecule has 0 unspecified atom stereocenters. The van der Waals surface area contributed by atoms with E-state index in [2.05, 4.69) is 15.6 Å². The lowest BCUT2D eigenvalue weighted by Crippen LogP contribution is -2.50. The van der Waals surface area contributed by atoms with Gasteiger partial charge in [-0.05, 0) is 52.3 Å². The van der Waals surface area contributed by atoms with Crippen molar-refractivity contribution < 1.29 is 19.1 Å². The van der Waals surface area contributed by atoms with E-state index >= 15 is 0 Å². The van der Waals surface area contributed by atoms with Gasteiger partial charge in [0.05, 0.1) is 16.5 Å². The average molecular weight is 400 g/mol. The number of amides is 3. The van der Waals surface area contributed by atoms with E-state index in [-0.39, 0.29) is 11.1 Å². The van der Waals surface area contributed by atoms with E-state index < -0.39 is 29.6 Å². The molecular formula is C20H24N4O5. The molecule has 1 aromatic heterocycles. The molecule has 3 rings (SSSR count). The maximum absolute atomic E-state index is 12.5. The van der Waals surface area contributed by atoms with Crippen LogP contribution in [0.15, 0.2) is 23.0 Å². The minimum atomic E-state index is -1.18. The minimum Gasteiger partial charge on any atom is -0.449 e. The normalized spacial score (nSPS) is 14.2. The molecule has 1 atom stereocenters. The second kappa shape index (κ2) is 7.65. The highest BCUT2D eigenvalue weighted by molar-refractivity contribution is 5.99. The summed E-state index contributed by atoms with van der Waals surface area (Å²) in [4.78, 5) is 53.2. The quantitative estimate of drug-likeness (QED) is 0.754. The van der Waals surface area contributed by atoms with Crippen molar-refractivity contribution >= 4 is 28.8 Å². The van der Waals surface area contributed by atoms with E-state index in [1.165, 1.54) is 25.1 Å². The molecule has 0 fully saturated rings. The van der Waals surface area contributed by atoms with Gasteiger partial charge in [0.25, 0.3) is 11.5 Å². The first-order chi connectivity index (χ1) is 13.5. The van der Waals surface area contributed by atoms with Gasteiger partial charge < -0.3 is 10.1 Å². The van der Waals surface area contributed by atoms with Crippen molar-refractivity contribution in [1.29, 1.82) is 0 Å². The van der Waals surface area contributed by atoms with Gasteiger partial charge in [-0.15, -0.1) is 0 Å². The highest BCUT2D eigenvalue weighted by Gasteiger charge is 2.23. The molecule has 0 radical (unpaired) electrons. The number of urea groups is 1. The second-order valence-electron chi connectivity index (χ2n) is 8.06. The van der Waals surface area contributed by atoms with E-state index in [4.69, 9.17) is 4.74 Å². The number of fused-ring (bicyclic) bond motifs is 2. The van der Waals surface area contributed by atoms with Gasteiger partial charge in [0.1, 0.15) is 5.82 Å². The lowest BCUT2D eigenvalue weighted by Gasteiger charge is -2.21. The van der Waals surface area contributed by atoms with Crippen molar-refractivity contribution in [2.75, 3.05) is 0 Å². The molecule has 0 bridgehead atoms. The SMILES string of the molecule is C[C@@H](OC(=O)c1ccc2c(=O)n3c(nc2c1)CCC3)C(=O)NC(=O)NC(C)(C)C. The molecule has 0 aliphatic carbocycles.